The van der Waals surface area contributed by atoms with Gasteiger partial charge in [0.2, 0.25) is 0 Å². The fourth-order valence-electron chi connectivity index (χ4n) is 1.79. The van der Waals surface area contributed by atoms with Crippen molar-refractivity contribution in [1.82, 2.24) is 5.32 Å². The van der Waals surface area contributed by atoms with Gasteiger partial charge in [0.1, 0.15) is 5.82 Å². The maximum absolute atomic E-state index is 13.3. The molecule has 0 aliphatic carbocycles. The molecule has 4 heteroatoms. The normalized spacial score (nSPS) is 14.6. The van der Waals surface area contributed by atoms with Crippen molar-refractivity contribution in [1.29, 1.82) is 0 Å². The van der Waals surface area contributed by atoms with E-state index in [4.69, 9.17) is 16.7 Å². The van der Waals surface area contributed by atoms with Crippen LogP contribution in [0.25, 0.3) is 0 Å². The van der Waals surface area contributed by atoms with Gasteiger partial charge in [-0.15, -0.1) is 0 Å². The zero-order valence-electron chi connectivity index (χ0n) is 10.2. The van der Waals surface area contributed by atoms with Crippen molar-refractivity contribution in [3.63, 3.8) is 0 Å². The average Bonchev–Trinajstić information content (AvgIpc) is 2.31. The lowest BCUT2D eigenvalue weighted by Crippen LogP contribution is -2.31. The van der Waals surface area contributed by atoms with Crippen molar-refractivity contribution < 1.29 is 9.50 Å². The summed E-state index contributed by atoms with van der Waals surface area (Å²) in [7, 11) is 0. The van der Waals surface area contributed by atoms with Crippen LogP contribution < -0.4 is 5.32 Å². The molecule has 0 aliphatic heterocycles. The summed E-state index contributed by atoms with van der Waals surface area (Å²) in [5.74, 6) is -0.395. The molecule has 0 saturated heterocycles. The molecule has 0 fully saturated rings. The highest BCUT2D eigenvalue weighted by atomic mass is 35.5. The van der Waals surface area contributed by atoms with Gasteiger partial charge in [-0.2, -0.15) is 0 Å². The Bertz CT molecular complexity index is 359. The smallest absolute Gasteiger partial charge is 0.142 e. The van der Waals surface area contributed by atoms with Crippen LogP contribution in [-0.4, -0.2) is 17.8 Å². The van der Waals surface area contributed by atoms with Crippen LogP contribution in [-0.2, 0) is 0 Å². The molecule has 2 atom stereocenters. The monoisotopic (exact) mass is 259 g/mol. The third-order valence-corrected chi connectivity index (χ3v) is 3.21. The molecule has 2 N–H and O–H groups in total. The van der Waals surface area contributed by atoms with E-state index < -0.39 is 5.82 Å². The van der Waals surface area contributed by atoms with E-state index in [9.17, 15) is 4.39 Å². The summed E-state index contributed by atoms with van der Waals surface area (Å²) in [6, 6.07) is 5.12. The molecule has 0 amide bonds. The third-order valence-electron chi connectivity index (χ3n) is 2.90. The molecular formula is C13H19ClFNO. The van der Waals surface area contributed by atoms with Gasteiger partial charge in [-0.1, -0.05) is 24.6 Å². The van der Waals surface area contributed by atoms with Gasteiger partial charge in [-0.25, -0.2) is 4.39 Å². The third kappa shape index (κ3) is 4.26. The summed E-state index contributed by atoms with van der Waals surface area (Å²) in [6.07, 6.45) is 1.64. The van der Waals surface area contributed by atoms with Crippen LogP contribution in [0.2, 0.25) is 5.02 Å². The van der Waals surface area contributed by atoms with Gasteiger partial charge in [0, 0.05) is 18.7 Å². The largest absolute Gasteiger partial charge is 0.396 e. The predicted molar refractivity (Wildman–Crippen MR) is 68.7 cm³/mol. The van der Waals surface area contributed by atoms with Gasteiger partial charge in [0.25, 0.3) is 0 Å². The van der Waals surface area contributed by atoms with Gasteiger partial charge in [0.05, 0.1) is 5.02 Å². The summed E-state index contributed by atoms with van der Waals surface area (Å²) in [4.78, 5) is 0. The Morgan fingerprint density at radius 3 is 2.71 bits per heavy atom. The van der Waals surface area contributed by atoms with E-state index in [0.717, 1.165) is 12.0 Å². The molecule has 0 aromatic heterocycles. The van der Waals surface area contributed by atoms with Crippen LogP contribution in [0.5, 0.6) is 0 Å². The van der Waals surface area contributed by atoms with Gasteiger partial charge < -0.3 is 10.4 Å². The summed E-state index contributed by atoms with van der Waals surface area (Å²) in [5.41, 5.74) is 0.864. The molecule has 0 radical (unpaired) electrons. The molecule has 96 valence electrons. The average molecular weight is 260 g/mol. The zero-order valence-corrected chi connectivity index (χ0v) is 11.0. The topological polar surface area (TPSA) is 32.3 Å². The first-order chi connectivity index (χ1) is 8.08. The lowest BCUT2D eigenvalue weighted by molar-refractivity contribution is 0.257. The Labute approximate surface area is 107 Å². The summed E-state index contributed by atoms with van der Waals surface area (Å²) in [5, 5.41) is 12.4. The van der Waals surface area contributed by atoms with E-state index in [-0.39, 0.29) is 23.7 Å². The maximum atomic E-state index is 13.3. The van der Waals surface area contributed by atoms with Crippen molar-refractivity contribution >= 4 is 11.6 Å². The van der Waals surface area contributed by atoms with Crippen LogP contribution in [0.4, 0.5) is 4.39 Å². The molecule has 0 saturated carbocycles. The minimum atomic E-state index is -0.395. The van der Waals surface area contributed by atoms with Gasteiger partial charge in [-0.05, 0) is 37.5 Å². The summed E-state index contributed by atoms with van der Waals surface area (Å²) in [6.45, 7) is 4.19. The second-order valence-electron chi connectivity index (χ2n) is 4.18. The van der Waals surface area contributed by atoms with E-state index in [0.29, 0.717) is 6.42 Å². The van der Waals surface area contributed by atoms with Crippen molar-refractivity contribution in [2.45, 2.75) is 38.8 Å². The predicted octanol–water partition coefficient (Wildman–Crippen LogP) is 3.29. The quantitative estimate of drug-likeness (QED) is 0.822. The molecule has 2 unspecified atom stereocenters. The highest BCUT2D eigenvalue weighted by Gasteiger charge is 2.12. The first-order valence-corrected chi connectivity index (χ1v) is 6.28. The Kier molecular flexibility index (Phi) is 5.89. The maximum Gasteiger partial charge on any atom is 0.142 e. The number of aliphatic hydroxyl groups is 1. The molecule has 1 rings (SSSR count). The van der Waals surface area contributed by atoms with E-state index in [1.807, 2.05) is 13.0 Å². The van der Waals surface area contributed by atoms with Crippen LogP contribution in [0.3, 0.4) is 0 Å². The van der Waals surface area contributed by atoms with Gasteiger partial charge in [0.15, 0.2) is 0 Å². The summed E-state index contributed by atoms with van der Waals surface area (Å²) >= 11 is 5.64. The minimum absolute atomic E-state index is 0.0401. The molecule has 17 heavy (non-hydrogen) atoms. The summed E-state index contributed by atoms with van der Waals surface area (Å²) < 4.78 is 13.3. The van der Waals surface area contributed by atoms with E-state index in [1.165, 1.54) is 6.07 Å². The highest BCUT2D eigenvalue weighted by molar-refractivity contribution is 6.30. The Hall–Kier alpha value is -0.640. The number of aliphatic hydroxyl groups excluding tert-OH is 1. The molecular weight excluding hydrogens is 241 g/mol. The Balaban J connectivity index is 2.68. The van der Waals surface area contributed by atoms with Crippen LogP contribution in [0.1, 0.15) is 38.3 Å². The first kappa shape index (κ1) is 14.4. The number of rotatable bonds is 6. The minimum Gasteiger partial charge on any atom is -0.396 e. The second kappa shape index (κ2) is 6.94. The number of benzene rings is 1. The lowest BCUT2D eigenvalue weighted by Gasteiger charge is -2.22. The number of hydrogen-bond donors (Lipinski definition) is 2. The Morgan fingerprint density at radius 2 is 2.18 bits per heavy atom. The number of halogens is 2. The molecule has 1 aromatic rings. The van der Waals surface area contributed by atoms with Gasteiger partial charge >= 0.3 is 0 Å². The molecule has 0 bridgehead atoms. The van der Waals surface area contributed by atoms with E-state index in [1.54, 1.807) is 6.07 Å². The van der Waals surface area contributed by atoms with Gasteiger partial charge in [-0.3, -0.25) is 0 Å². The first-order valence-electron chi connectivity index (χ1n) is 5.90. The molecule has 0 spiro atoms. The van der Waals surface area contributed by atoms with Crippen molar-refractivity contribution in [2.75, 3.05) is 6.61 Å². The Morgan fingerprint density at radius 1 is 1.47 bits per heavy atom. The fourth-order valence-corrected chi connectivity index (χ4v) is 1.91. The standard InChI is InChI=1S/C13H19ClFNO/c1-3-11(6-7-17)16-9(2)10-4-5-12(14)13(15)8-10/h4-5,8-9,11,16-17H,3,6-7H2,1-2H3. The number of hydrogen-bond acceptors (Lipinski definition) is 2. The highest BCUT2D eigenvalue weighted by Crippen LogP contribution is 2.20. The second-order valence-corrected chi connectivity index (χ2v) is 4.59. The molecule has 0 heterocycles. The van der Waals surface area contributed by atoms with E-state index in [2.05, 4.69) is 12.2 Å². The number of nitrogens with one attached hydrogen (secondary N) is 1. The van der Waals surface area contributed by atoms with E-state index >= 15 is 0 Å². The SMILES string of the molecule is CCC(CCO)NC(C)c1ccc(Cl)c(F)c1. The lowest BCUT2D eigenvalue weighted by atomic mass is 10.1. The van der Waals surface area contributed by atoms with Crippen molar-refractivity contribution in [3.05, 3.63) is 34.6 Å². The van der Waals surface area contributed by atoms with Crippen LogP contribution >= 0.6 is 11.6 Å². The molecule has 1 aromatic carbocycles. The van der Waals surface area contributed by atoms with Crippen molar-refractivity contribution in [3.8, 4) is 0 Å². The van der Waals surface area contributed by atoms with Crippen LogP contribution in [0.15, 0.2) is 18.2 Å². The fraction of sp³-hybridized carbons (Fsp3) is 0.538. The molecule has 2 nitrogen and oxygen atoms in total. The van der Waals surface area contributed by atoms with Crippen LogP contribution in [0, 0.1) is 5.82 Å². The van der Waals surface area contributed by atoms with Crippen molar-refractivity contribution in [2.24, 2.45) is 0 Å². The molecule has 0 aliphatic rings. The zero-order chi connectivity index (χ0) is 12.8.